The highest BCUT2D eigenvalue weighted by Gasteiger charge is 2.12. The van der Waals surface area contributed by atoms with Crippen LogP contribution >= 0.6 is 0 Å². The van der Waals surface area contributed by atoms with Gasteiger partial charge in [0.25, 0.3) is 0 Å². The van der Waals surface area contributed by atoms with Gasteiger partial charge in [0.15, 0.2) is 5.90 Å². The van der Waals surface area contributed by atoms with Crippen LogP contribution in [0.3, 0.4) is 0 Å². The maximum absolute atomic E-state index is 11.9. The van der Waals surface area contributed by atoms with Gasteiger partial charge in [-0.15, -0.1) is 0 Å². The number of carbonyl (C=O) groups is 1. The molecule has 2 aromatic rings. The number of aliphatic imine (C=N–C) groups is 1. The summed E-state index contributed by atoms with van der Waals surface area (Å²) in [6, 6.07) is 12.9. The minimum Gasteiger partial charge on any atom is -0.507 e. The third-order valence-corrected chi connectivity index (χ3v) is 2.75. The van der Waals surface area contributed by atoms with Gasteiger partial charge in [-0.1, -0.05) is 12.1 Å². The lowest BCUT2D eigenvalue weighted by molar-refractivity contribution is 0.0731. The fraction of sp³-hybridized carbons (Fsp3) is 0.125. The summed E-state index contributed by atoms with van der Waals surface area (Å²) in [5, 5.41) is 9.60. The molecule has 0 unspecified atom stereocenters. The van der Waals surface area contributed by atoms with Crippen LogP contribution in [-0.2, 0) is 4.74 Å². The fourth-order valence-corrected chi connectivity index (χ4v) is 1.62. The molecule has 5 nitrogen and oxygen atoms in total. The lowest BCUT2D eigenvalue weighted by Gasteiger charge is -2.06. The maximum atomic E-state index is 11.9. The highest BCUT2D eigenvalue weighted by Crippen LogP contribution is 2.22. The van der Waals surface area contributed by atoms with Crippen molar-refractivity contribution in [1.82, 2.24) is 0 Å². The predicted octanol–water partition coefficient (Wildman–Crippen LogP) is 3.31. The van der Waals surface area contributed by atoms with Gasteiger partial charge in [-0.3, -0.25) is 0 Å². The second kappa shape index (κ2) is 6.56. The lowest BCUT2D eigenvalue weighted by Crippen LogP contribution is -2.08. The molecule has 108 valence electrons. The van der Waals surface area contributed by atoms with E-state index >= 15 is 0 Å². The molecule has 0 radical (unpaired) electrons. The monoisotopic (exact) mass is 285 g/mol. The largest absolute Gasteiger partial charge is 0.507 e. The molecule has 0 saturated carbocycles. The van der Waals surface area contributed by atoms with Crippen molar-refractivity contribution >= 4 is 17.6 Å². The van der Waals surface area contributed by atoms with Crippen LogP contribution < -0.4 is 4.74 Å². The number of aromatic hydroxyl groups is 1. The molecule has 0 fully saturated rings. The Labute approximate surface area is 122 Å². The van der Waals surface area contributed by atoms with Crippen molar-refractivity contribution in [1.29, 1.82) is 0 Å². The second-order valence-electron chi connectivity index (χ2n) is 4.24. The summed E-state index contributed by atoms with van der Waals surface area (Å²) >= 11 is 0. The third kappa shape index (κ3) is 3.82. The number of nitrogens with zero attached hydrogens (tertiary/aromatic N) is 1. The molecule has 5 heteroatoms. The van der Waals surface area contributed by atoms with Crippen molar-refractivity contribution in [2.45, 2.75) is 6.92 Å². The van der Waals surface area contributed by atoms with Crippen molar-refractivity contribution in [2.75, 3.05) is 7.11 Å². The van der Waals surface area contributed by atoms with Crippen molar-refractivity contribution in [3.05, 3.63) is 54.1 Å². The Morgan fingerprint density at radius 1 is 1.10 bits per heavy atom. The van der Waals surface area contributed by atoms with Gasteiger partial charge in [0.05, 0.1) is 12.8 Å². The number of phenolic OH excluding ortho intramolecular Hbond substituents is 1. The number of methoxy groups -OCH3 is 1. The first-order valence-electron chi connectivity index (χ1n) is 6.29. The van der Waals surface area contributed by atoms with E-state index in [2.05, 4.69) is 4.99 Å². The highest BCUT2D eigenvalue weighted by atomic mass is 16.5. The number of para-hydroxylation sites is 1. The average molecular weight is 285 g/mol. The van der Waals surface area contributed by atoms with Crippen molar-refractivity contribution in [2.24, 2.45) is 4.99 Å². The number of rotatable bonds is 3. The van der Waals surface area contributed by atoms with Crippen LogP contribution in [0.15, 0.2) is 53.5 Å². The predicted molar refractivity (Wildman–Crippen MR) is 79.3 cm³/mol. The summed E-state index contributed by atoms with van der Waals surface area (Å²) in [4.78, 5) is 16.1. The van der Waals surface area contributed by atoms with Crippen LogP contribution in [0.5, 0.6) is 11.5 Å². The first-order chi connectivity index (χ1) is 10.1. The van der Waals surface area contributed by atoms with Gasteiger partial charge >= 0.3 is 5.97 Å². The van der Waals surface area contributed by atoms with Crippen LogP contribution in [0.2, 0.25) is 0 Å². The SMILES string of the molecule is CO/C(C)=N\c1ccc(OC(=O)c2ccccc2O)cc1. The molecule has 0 atom stereocenters. The lowest BCUT2D eigenvalue weighted by atomic mass is 10.2. The van der Waals surface area contributed by atoms with Gasteiger partial charge in [0.1, 0.15) is 17.1 Å². The molecule has 0 bridgehead atoms. The van der Waals surface area contributed by atoms with Crippen LogP contribution in [0, 0.1) is 0 Å². The first kappa shape index (κ1) is 14.6. The molecule has 0 aliphatic heterocycles. The van der Waals surface area contributed by atoms with Crippen LogP contribution in [0.4, 0.5) is 5.69 Å². The Balaban J connectivity index is 2.10. The molecule has 2 rings (SSSR count). The molecular weight excluding hydrogens is 270 g/mol. The number of ether oxygens (including phenoxy) is 2. The molecule has 0 saturated heterocycles. The van der Waals surface area contributed by atoms with Gasteiger partial charge in [-0.2, -0.15) is 0 Å². The molecule has 0 spiro atoms. The molecule has 0 amide bonds. The molecular formula is C16H15NO4. The van der Waals surface area contributed by atoms with Gasteiger partial charge in [0, 0.05) is 6.92 Å². The normalized spacial score (nSPS) is 11.0. The Morgan fingerprint density at radius 3 is 2.38 bits per heavy atom. The standard InChI is InChI=1S/C16H15NO4/c1-11(20-2)17-12-7-9-13(10-8-12)21-16(19)14-5-3-4-6-15(14)18/h3-10,18H,1-2H3/b17-11-. The van der Waals surface area contributed by atoms with Gasteiger partial charge in [-0.05, 0) is 36.4 Å². The van der Waals surface area contributed by atoms with E-state index in [0.717, 1.165) is 0 Å². The van der Waals surface area contributed by atoms with E-state index in [1.807, 2.05) is 0 Å². The van der Waals surface area contributed by atoms with Gasteiger partial charge < -0.3 is 14.6 Å². The van der Waals surface area contributed by atoms with Crippen LogP contribution in [0.1, 0.15) is 17.3 Å². The highest BCUT2D eigenvalue weighted by molar-refractivity contribution is 5.93. The minimum absolute atomic E-state index is 0.112. The molecule has 1 N–H and O–H groups in total. The average Bonchev–Trinajstić information content (AvgIpc) is 2.49. The molecule has 2 aromatic carbocycles. The van der Waals surface area contributed by atoms with Gasteiger partial charge in [-0.25, -0.2) is 9.79 Å². The quantitative estimate of drug-likeness (QED) is 0.406. The van der Waals surface area contributed by atoms with E-state index in [0.29, 0.717) is 17.3 Å². The summed E-state index contributed by atoms with van der Waals surface area (Å²) in [5.41, 5.74) is 0.812. The fourth-order valence-electron chi connectivity index (χ4n) is 1.62. The molecule has 0 heterocycles. The number of esters is 1. The third-order valence-electron chi connectivity index (χ3n) is 2.75. The van der Waals surface area contributed by atoms with Crippen LogP contribution in [-0.4, -0.2) is 24.1 Å². The van der Waals surface area contributed by atoms with E-state index in [9.17, 15) is 9.90 Å². The Morgan fingerprint density at radius 2 is 1.76 bits per heavy atom. The second-order valence-corrected chi connectivity index (χ2v) is 4.24. The topological polar surface area (TPSA) is 68.1 Å². The molecule has 0 aliphatic carbocycles. The number of benzene rings is 2. The van der Waals surface area contributed by atoms with E-state index in [1.165, 1.54) is 12.1 Å². The summed E-state index contributed by atoms with van der Waals surface area (Å²) in [6.07, 6.45) is 0. The number of phenols is 1. The summed E-state index contributed by atoms with van der Waals surface area (Å²) < 4.78 is 10.1. The van der Waals surface area contributed by atoms with Crippen molar-refractivity contribution < 1.29 is 19.4 Å². The Bertz CT molecular complexity index is 662. The number of hydrogen-bond acceptors (Lipinski definition) is 5. The van der Waals surface area contributed by atoms with E-state index in [4.69, 9.17) is 9.47 Å². The zero-order chi connectivity index (χ0) is 15.2. The minimum atomic E-state index is -0.613. The summed E-state index contributed by atoms with van der Waals surface area (Å²) in [7, 11) is 1.54. The first-order valence-corrected chi connectivity index (χ1v) is 6.29. The Kier molecular flexibility index (Phi) is 4.56. The van der Waals surface area contributed by atoms with E-state index in [-0.39, 0.29) is 11.3 Å². The zero-order valence-corrected chi connectivity index (χ0v) is 11.7. The maximum Gasteiger partial charge on any atom is 0.347 e. The summed E-state index contributed by atoms with van der Waals surface area (Å²) in [6.45, 7) is 1.74. The smallest absolute Gasteiger partial charge is 0.347 e. The number of hydrogen-bond donors (Lipinski definition) is 1. The van der Waals surface area contributed by atoms with Crippen LogP contribution in [0.25, 0.3) is 0 Å². The molecule has 21 heavy (non-hydrogen) atoms. The molecule has 0 aliphatic rings. The van der Waals surface area contributed by atoms with E-state index < -0.39 is 5.97 Å². The van der Waals surface area contributed by atoms with Crippen molar-refractivity contribution in [3.63, 3.8) is 0 Å². The van der Waals surface area contributed by atoms with Crippen molar-refractivity contribution in [3.8, 4) is 11.5 Å². The summed E-state index contributed by atoms with van der Waals surface area (Å²) in [5.74, 6) is 0.183. The van der Waals surface area contributed by atoms with E-state index in [1.54, 1.807) is 50.4 Å². The number of carbonyl (C=O) groups excluding carboxylic acids is 1. The Hall–Kier alpha value is -2.82. The molecule has 0 aromatic heterocycles. The van der Waals surface area contributed by atoms with Gasteiger partial charge in [0.2, 0.25) is 0 Å². The zero-order valence-electron chi connectivity index (χ0n) is 11.7.